The fourth-order valence-corrected chi connectivity index (χ4v) is 3.82. The van der Waals surface area contributed by atoms with E-state index in [4.69, 9.17) is 0 Å². The van der Waals surface area contributed by atoms with Gasteiger partial charge in [0.1, 0.15) is 5.82 Å². The van der Waals surface area contributed by atoms with Crippen molar-refractivity contribution in [2.24, 2.45) is 0 Å². The van der Waals surface area contributed by atoms with Gasteiger partial charge in [-0.05, 0) is 29.7 Å². The first-order chi connectivity index (χ1) is 11.2. The Labute approximate surface area is 141 Å². The number of benzene rings is 1. The smallest absolute Gasteiger partial charge is 0.255 e. The van der Waals surface area contributed by atoms with Crippen LogP contribution in [0.2, 0.25) is 0 Å². The molecule has 0 aliphatic carbocycles. The summed E-state index contributed by atoms with van der Waals surface area (Å²) in [6.07, 6.45) is 1.81. The molecule has 1 fully saturated rings. The van der Waals surface area contributed by atoms with Gasteiger partial charge in [0.25, 0.3) is 5.91 Å². The van der Waals surface area contributed by atoms with Crippen molar-refractivity contribution in [3.05, 3.63) is 47.7 Å². The Hall–Kier alpha value is -2.01. The molecule has 120 valence electrons. The lowest BCUT2D eigenvalue weighted by Crippen LogP contribution is -2.35. The van der Waals surface area contributed by atoms with Crippen LogP contribution in [0, 0.1) is 6.92 Å². The Morgan fingerprint density at radius 3 is 2.61 bits per heavy atom. The first-order valence-corrected chi connectivity index (χ1v) is 8.97. The third-order valence-corrected chi connectivity index (χ3v) is 5.07. The van der Waals surface area contributed by atoms with E-state index in [1.54, 1.807) is 7.05 Å². The number of hydrogen-bond donors (Lipinski definition) is 1. The predicted molar refractivity (Wildman–Crippen MR) is 97.3 cm³/mol. The lowest BCUT2D eigenvalue weighted by Gasteiger charge is -2.29. The predicted octanol–water partition coefficient (Wildman–Crippen LogP) is 2.97. The van der Waals surface area contributed by atoms with Gasteiger partial charge in [0.2, 0.25) is 0 Å². The molecule has 1 aromatic carbocycles. The molecule has 1 aromatic heterocycles. The molecule has 1 saturated heterocycles. The highest BCUT2D eigenvalue weighted by Gasteiger charge is 2.23. The van der Waals surface area contributed by atoms with Gasteiger partial charge in [-0.1, -0.05) is 24.3 Å². The van der Waals surface area contributed by atoms with E-state index < -0.39 is 0 Å². The van der Waals surface area contributed by atoms with Crippen molar-refractivity contribution in [1.82, 2.24) is 10.3 Å². The number of anilines is 1. The second kappa shape index (κ2) is 7.04. The van der Waals surface area contributed by atoms with Crippen molar-refractivity contribution in [3.63, 3.8) is 0 Å². The van der Waals surface area contributed by atoms with Gasteiger partial charge in [-0.25, -0.2) is 4.98 Å². The van der Waals surface area contributed by atoms with E-state index in [0.29, 0.717) is 5.56 Å². The number of aryl methyl sites for hydroxylation is 1. The molecular weight excluding hydrogens is 306 g/mol. The molecule has 1 aliphatic rings. The van der Waals surface area contributed by atoms with Crippen molar-refractivity contribution in [2.45, 2.75) is 6.92 Å². The summed E-state index contributed by atoms with van der Waals surface area (Å²) in [7, 11) is 1.67. The number of pyridine rings is 1. The minimum absolute atomic E-state index is 0.0791. The third kappa shape index (κ3) is 3.20. The van der Waals surface area contributed by atoms with Crippen LogP contribution in [0.5, 0.6) is 0 Å². The molecule has 0 atom stereocenters. The summed E-state index contributed by atoms with van der Waals surface area (Å²) in [5.41, 5.74) is 3.87. The summed E-state index contributed by atoms with van der Waals surface area (Å²) in [5, 5.41) is 2.78. The summed E-state index contributed by atoms with van der Waals surface area (Å²) in [4.78, 5) is 19.4. The standard InChI is InChI=1S/C18H21N3OS/c1-13-5-3-4-6-14(13)15-7-8-20-17(16(15)18(22)19-2)21-9-11-23-12-10-21/h3-8H,9-12H2,1-2H3,(H,19,22). The Morgan fingerprint density at radius 2 is 1.91 bits per heavy atom. The minimum atomic E-state index is -0.0791. The fourth-order valence-electron chi connectivity index (χ4n) is 2.91. The van der Waals surface area contributed by atoms with Gasteiger partial charge in [-0.15, -0.1) is 0 Å². The topological polar surface area (TPSA) is 45.2 Å². The molecule has 2 heterocycles. The number of aromatic nitrogens is 1. The number of hydrogen-bond acceptors (Lipinski definition) is 4. The normalized spacial score (nSPS) is 14.6. The Balaban J connectivity index is 2.16. The van der Waals surface area contributed by atoms with Gasteiger partial charge in [-0.2, -0.15) is 11.8 Å². The Bertz CT molecular complexity index is 711. The molecule has 2 aromatic rings. The van der Waals surface area contributed by atoms with E-state index in [-0.39, 0.29) is 5.91 Å². The zero-order chi connectivity index (χ0) is 16.2. The number of rotatable bonds is 3. The van der Waals surface area contributed by atoms with Crippen molar-refractivity contribution < 1.29 is 4.79 Å². The van der Waals surface area contributed by atoms with Gasteiger partial charge in [0, 0.05) is 37.8 Å². The van der Waals surface area contributed by atoms with E-state index in [1.165, 1.54) is 0 Å². The van der Waals surface area contributed by atoms with Crippen LogP contribution >= 0.6 is 11.8 Å². The molecule has 23 heavy (non-hydrogen) atoms. The Morgan fingerprint density at radius 1 is 1.17 bits per heavy atom. The zero-order valence-corrected chi connectivity index (χ0v) is 14.3. The monoisotopic (exact) mass is 327 g/mol. The van der Waals surface area contributed by atoms with Crippen LogP contribution < -0.4 is 10.2 Å². The van der Waals surface area contributed by atoms with Gasteiger partial charge in [-0.3, -0.25) is 4.79 Å². The van der Waals surface area contributed by atoms with Gasteiger partial charge >= 0.3 is 0 Å². The number of amides is 1. The molecular formula is C18H21N3OS. The molecule has 0 saturated carbocycles. The van der Waals surface area contributed by atoms with Crippen LogP contribution in [0.4, 0.5) is 5.82 Å². The molecule has 1 aliphatic heterocycles. The van der Waals surface area contributed by atoms with E-state index in [0.717, 1.165) is 47.1 Å². The molecule has 3 rings (SSSR count). The average molecular weight is 327 g/mol. The van der Waals surface area contributed by atoms with Crippen molar-refractivity contribution in [3.8, 4) is 11.1 Å². The third-order valence-electron chi connectivity index (χ3n) is 4.13. The maximum Gasteiger partial charge on any atom is 0.255 e. The van der Waals surface area contributed by atoms with E-state index in [9.17, 15) is 4.79 Å². The highest BCUT2D eigenvalue weighted by Crippen LogP contribution is 2.32. The number of nitrogens with zero attached hydrogens (tertiary/aromatic N) is 2. The van der Waals surface area contributed by atoms with Crippen molar-refractivity contribution in [1.29, 1.82) is 0 Å². The maximum atomic E-state index is 12.6. The number of carbonyl (C=O) groups excluding carboxylic acids is 1. The van der Waals surface area contributed by atoms with Crippen LogP contribution in [-0.4, -0.2) is 42.5 Å². The van der Waals surface area contributed by atoms with Crippen LogP contribution in [0.25, 0.3) is 11.1 Å². The summed E-state index contributed by atoms with van der Waals surface area (Å²) in [5.74, 6) is 2.86. The summed E-state index contributed by atoms with van der Waals surface area (Å²) >= 11 is 1.95. The number of carbonyl (C=O) groups is 1. The van der Waals surface area contributed by atoms with Gasteiger partial charge < -0.3 is 10.2 Å². The largest absolute Gasteiger partial charge is 0.355 e. The van der Waals surface area contributed by atoms with Crippen LogP contribution in [0.15, 0.2) is 36.5 Å². The summed E-state index contributed by atoms with van der Waals surface area (Å²) in [6.45, 7) is 3.93. The van der Waals surface area contributed by atoms with E-state index in [2.05, 4.69) is 34.3 Å². The first-order valence-electron chi connectivity index (χ1n) is 7.82. The fraction of sp³-hybridized carbons (Fsp3) is 0.333. The highest BCUT2D eigenvalue weighted by molar-refractivity contribution is 7.99. The molecule has 1 amide bonds. The van der Waals surface area contributed by atoms with Gasteiger partial charge in [0.15, 0.2) is 0 Å². The minimum Gasteiger partial charge on any atom is -0.355 e. The average Bonchev–Trinajstić information content (AvgIpc) is 2.61. The Kier molecular flexibility index (Phi) is 4.86. The molecule has 5 heteroatoms. The quantitative estimate of drug-likeness (QED) is 0.941. The second-order valence-corrected chi connectivity index (χ2v) is 6.78. The lowest BCUT2D eigenvalue weighted by molar-refractivity contribution is 0.0964. The second-order valence-electron chi connectivity index (χ2n) is 5.55. The molecule has 0 spiro atoms. The SMILES string of the molecule is CNC(=O)c1c(-c2ccccc2C)ccnc1N1CCSCC1. The van der Waals surface area contributed by atoms with Crippen LogP contribution in [-0.2, 0) is 0 Å². The lowest BCUT2D eigenvalue weighted by atomic mass is 9.96. The van der Waals surface area contributed by atoms with Crippen LogP contribution in [0.3, 0.4) is 0 Å². The van der Waals surface area contributed by atoms with E-state index in [1.807, 2.05) is 36.2 Å². The highest BCUT2D eigenvalue weighted by atomic mass is 32.2. The number of thioether (sulfide) groups is 1. The maximum absolute atomic E-state index is 12.6. The zero-order valence-electron chi connectivity index (χ0n) is 13.5. The van der Waals surface area contributed by atoms with Gasteiger partial charge in [0.05, 0.1) is 5.56 Å². The van der Waals surface area contributed by atoms with Crippen molar-refractivity contribution in [2.75, 3.05) is 36.5 Å². The molecule has 1 N–H and O–H groups in total. The molecule has 0 unspecified atom stereocenters. The number of nitrogens with one attached hydrogen (secondary N) is 1. The van der Waals surface area contributed by atoms with E-state index >= 15 is 0 Å². The summed E-state index contributed by atoms with van der Waals surface area (Å²) in [6, 6.07) is 10.1. The summed E-state index contributed by atoms with van der Waals surface area (Å²) < 4.78 is 0. The first kappa shape index (κ1) is 15.9. The van der Waals surface area contributed by atoms with Crippen molar-refractivity contribution >= 4 is 23.5 Å². The molecule has 4 nitrogen and oxygen atoms in total. The molecule has 0 radical (unpaired) electrons. The molecule has 0 bridgehead atoms. The van der Waals surface area contributed by atoms with Crippen LogP contribution in [0.1, 0.15) is 15.9 Å².